The molecule has 0 bridgehead atoms. The van der Waals surface area contributed by atoms with Gasteiger partial charge in [0.25, 0.3) is 5.69 Å². The molecular weight excluding hydrogens is 384 g/mol. The fraction of sp³-hybridized carbons (Fsp3) is 0.0455. The zero-order chi connectivity index (χ0) is 21.3. The Bertz CT molecular complexity index is 1100. The third-order valence-corrected chi connectivity index (χ3v) is 4.20. The molecule has 0 saturated carbocycles. The summed E-state index contributed by atoms with van der Waals surface area (Å²) in [6.07, 6.45) is 4.22. The van der Waals surface area contributed by atoms with E-state index in [9.17, 15) is 20.2 Å². The second-order valence-corrected chi connectivity index (χ2v) is 6.34. The van der Waals surface area contributed by atoms with Crippen LogP contribution in [0, 0.1) is 20.2 Å². The molecule has 3 rings (SSSR count). The Hall–Kier alpha value is -4.33. The number of rotatable bonds is 8. The van der Waals surface area contributed by atoms with Gasteiger partial charge in [-0.3, -0.25) is 25.7 Å². The van der Waals surface area contributed by atoms with E-state index in [2.05, 4.69) is 10.5 Å². The lowest BCUT2D eigenvalue weighted by molar-refractivity contribution is -0.393. The van der Waals surface area contributed by atoms with Crippen molar-refractivity contribution in [2.45, 2.75) is 6.42 Å². The summed E-state index contributed by atoms with van der Waals surface area (Å²) in [6.45, 7) is 0. The fourth-order valence-electron chi connectivity index (χ4n) is 2.71. The molecule has 0 radical (unpaired) electrons. The number of non-ortho nitro benzene ring substituents is 1. The van der Waals surface area contributed by atoms with Gasteiger partial charge in [0.1, 0.15) is 5.69 Å². The molecule has 1 N–H and O–H groups in total. The lowest BCUT2D eigenvalue weighted by Crippen LogP contribution is -2.05. The second kappa shape index (κ2) is 9.74. The summed E-state index contributed by atoms with van der Waals surface area (Å²) in [4.78, 5) is 20.9. The molecule has 8 heteroatoms. The van der Waals surface area contributed by atoms with Crippen molar-refractivity contribution in [3.8, 4) is 0 Å². The van der Waals surface area contributed by atoms with Gasteiger partial charge in [-0.25, -0.2) is 0 Å². The minimum absolute atomic E-state index is 0.0734. The number of benzene rings is 3. The van der Waals surface area contributed by atoms with Crippen LogP contribution in [0.4, 0.5) is 17.1 Å². The summed E-state index contributed by atoms with van der Waals surface area (Å²) in [5.74, 6) is 0. The largest absolute Gasteiger partial charge is 0.301 e. The summed E-state index contributed by atoms with van der Waals surface area (Å²) in [5, 5.41) is 26.6. The normalized spacial score (nSPS) is 11.4. The lowest BCUT2D eigenvalue weighted by Gasteiger charge is -2.06. The van der Waals surface area contributed by atoms with Crippen LogP contribution in [0.3, 0.4) is 0 Å². The summed E-state index contributed by atoms with van der Waals surface area (Å²) >= 11 is 0. The third-order valence-electron chi connectivity index (χ3n) is 4.20. The minimum atomic E-state index is -0.679. The first kappa shape index (κ1) is 20.4. The van der Waals surface area contributed by atoms with E-state index in [1.54, 1.807) is 0 Å². The first-order valence-corrected chi connectivity index (χ1v) is 9.05. The number of nitrogens with one attached hydrogen (secondary N) is 1. The molecule has 0 atom stereocenters. The molecule has 3 aromatic carbocycles. The molecule has 0 aromatic heterocycles. The summed E-state index contributed by atoms with van der Waals surface area (Å²) in [6, 6.07) is 22.7. The van der Waals surface area contributed by atoms with Gasteiger partial charge >= 0.3 is 5.69 Å². The SMILES string of the molecule is O=[N+]([O-])c1ccc(N/N=C(\C=Cc2ccccc2)Cc2ccccc2)c([N+](=O)[O-])c1. The van der Waals surface area contributed by atoms with E-state index in [1.807, 2.05) is 72.8 Å². The molecule has 8 nitrogen and oxygen atoms in total. The number of nitrogens with zero attached hydrogens (tertiary/aromatic N) is 3. The number of hydrazone groups is 1. The Balaban J connectivity index is 1.90. The van der Waals surface area contributed by atoms with Crippen molar-refractivity contribution in [2.24, 2.45) is 5.10 Å². The predicted octanol–water partition coefficient (Wildman–Crippen LogP) is 5.23. The minimum Gasteiger partial charge on any atom is -0.271 e. The number of hydrogen-bond acceptors (Lipinski definition) is 6. The summed E-state index contributed by atoms with van der Waals surface area (Å²) in [5.41, 5.74) is 4.63. The van der Waals surface area contributed by atoms with Gasteiger partial charge in [0, 0.05) is 12.5 Å². The van der Waals surface area contributed by atoms with Gasteiger partial charge in [0.2, 0.25) is 0 Å². The van der Waals surface area contributed by atoms with Crippen molar-refractivity contribution >= 4 is 28.8 Å². The third kappa shape index (κ3) is 5.59. The molecule has 0 spiro atoms. The van der Waals surface area contributed by atoms with Gasteiger partial charge in [-0.15, -0.1) is 0 Å². The lowest BCUT2D eigenvalue weighted by atomic mass is 10.1. The smallest absolute Gasteiger partial charge is 0.271 e. The predicted molar refractivity (Wildman–Crippen MR) is 116 cm³/mol. The van der Waals surface area contributed by atoms with E-state index in [-0.39, 0.29) is 11.4 Å². The molecular formula is C22H18N4O4. The maximum Gasteiger partial charge on any atom is 0.301 e. The highest BCUT2D eigenvalue weighted by molar-refractivity contribution is 6.00. The first-order chi connectivity index (χ1) is 14.5. The molecule has 0 saturated heterocycles. The van der Waals surface area contributed by atoms with E-state index < -0.39 is 15.5 Å². The van der Waals surface area contributed by atoms with Gasteiger partial charge in [-0.05, 0) is 23.3 Å². The molecule has 0 aliphatic carbocycles. The highest BCUT2D eigenvalue weighted by Crippen LogP contribution is 2.29. The van der Waals surface area contributed by atoms with Crippen molar-refractivity contribution in [3.05, 3.63) is 116 Å². The molecule has 3 aromatic rings. The van der Waals surface area contributed by atoms with Crippen LogP contribution in [-0.2, 0) is 6.42 Å². The highest BCUT2D eigenvalue weighted by atomic mass is 16.6. The van der Waals surface area contributed by atoms with E-state index >= 15 is 0 Å². The average molecular weight is 402 g/mol. The van der Waals surface area contributed by atoms with Crippen LogP contribution in [-0.4, -0.2) is 15.6 Å². The average Bonchev–Trinajstić information content (AvgIpc) is 2.76. The van der Waals surface area contributed by atoms with Crippen LogP contribution in [0.1, 0.15) is 11.1 Å². The maximum atomic E-state index is 11.3. The summed E-state index contributed by atoms with van der Waals surface area (Å²) < 4.78 is 0. The van der Waals surface area contributed by atoms with Crippen LogP contribution >= 0.6 is 0 Å². The number of nitro groups is 2. The van der Waals surface area contributed by atoms with Crippen molar-refractivity contribution < 1.29 is 9.85 Å². The Kier molecular flexibility index (Phi) is 6.63. The number of nitro benzene ring substituents is 2. The second-order valence-electron chi connectivity index (χ2n) is 6.34. The molecule has 150 valence electrons. The standard InChI is InChI=1S/C22H18N4O4/c27-25(28)20-13-14-21(22(16-20)26(29)30)24-23-19(15-18-9-5-2-6-10-18)12-11-17-7-3-1-4-8-17/h1-14,16,24H,15H2/b12-11?,23-19+. The quantitative estimate of drug-likeness (QED) is 0.315. The van der Waals surface area contributed by atoms with E-state index in [4.69, 9.17) is 0 Å². The molecule has 0 aliphatic heterocycles. The zero-order valence-electron chi connectivity index (χ0n) is 15.8. The van der Waals surface area contributed by atoms with Crippen molar-refractivity contribution in [2.75, 3.05) is 5.43 Å². The molecule has 0 unspecified atom stereocenters. The van der Waals surface area contributed by atoms with Gasteiger partial charge in [-0.1, -0.05) is 66.7 Å². The Morgan fingerprint density at radius 1 is 0.900 bits per heavy atom. The van der Waals surface area contributed by atoms with Gasteiger partial charge in [0.05, 0.1) is 21.6 Å². The van der Waals surface area contributed by atoms with Crippen LogP contribution in [0.15, 0.2) is 90.0 Å². The van der Waals surface area contributed by atoms with Crippen LogP contribution in [0.2, 0.25) is 0 Å². The first-order valence-electron chi connectivity index (χ1n) is 9.05. The van der Waals surface area contributed by atoms with Crippen LogP contribution in [0.25, 0.3) is 6.08 Å². The topological polar surface area (TPSA) is 111 Å². The van der Waals surface area contributed by atoms with Gasteiger partial charge in [0.15, 0.2) is 0 Å². The van der Waals surface area contributed by atoms with E-state index in [0.717, 1.165) is 17.2 Å². The van der Waals surface area contributed by atoms with E-state index in [0.29, 0.717) is 12.1 Å². The molecule has 30 heavy (non-hydrogen) atoms. The van der Waals surface area contributed by atoms with E-state index in [1.165, 1.54) is 12.1 Å². The van der Waals surface area contributed by atoms with Crippen LogP contribution in [0.5, 0.6) is 0 Å². The Labute approximate surface area is 172 Å². The van der Waals surface area contributed by atoms with Crippen molar-refractivity contribution in [1.82, 2.24) is 0 Å². The van der Waals surface area contributed by atoms with Gasteiger partial charge in [-0.2, -0.15) is 5.10 Å². The number of allylic oxidation sites excluding steroid dienone is 1. The maximum absolute atomic E-state index is 11.3. The van der Waals surface area contributed by atoms with Crippen molar-refractivity contribution in [3.63, 3.8) is 0 Å². The van der Waals surface area contributed by atoms with Crippen molar-refractivity contribution in [1.29, 1.82) is 0 Å². The molecule has 0 amide bonds. The summed E-state index contributed by atoms with van der Waals surface area (Å²) in [7, 11) is 0. The molecule has 0 heterocycles. The molecule has 0 fully saturated rings. The molecule has 0 aliphatic rings. The zero-order valence-corrected chi connectivity index (χ0v) is 15.8. The monoisotopic (exact) mass is 402 g/mol. The number of hydrogen-bond donors (Lipinski definition) is 1. The van der Waals surface area contributed by atoms with Crippen LogP contribution < -0.4 is 5.43 Å². The number of anilines is 1. The highest BCUT2D eigenvalue weighted by Gasteiger charge is 2.19. The Morgan fingerprint density at radius 3 is 2.20 bits per heavy atom. The fourth-order valence-corrected chi connectivity index (χ4v) is 2.71. The van der Waals surface area contributed by atoms with Gasteiger partial charge < -0.3 is 0 Å². The Morgan fingerprint density at radius 2 is 1.57 bits per heavy atom.